The maximum absolute atomic E-state index is 12.5. The molecule has 0 radical (unpaired) electrons. The van der Waals surface area contributed by atoms with Crippen LogP contribution in [0.15, 0.2) is 30.3 Å². The number of carboxylic acids is 1. The van der Waals surface area contributed by atoms with E-state index < -0.39 is 17.9 Å². The van der Waals surface area contributed by atoms with Gasteiger partial charge in [0.05, 0.1) is 18.4 Å². The molecule has 2 N–H and O–H groups in total. The molecular formula is C17H22N2O4. The number of carbonyl (C=O) groups excluding carboxylic acids is 2. The van der Waals surface area contributed by atoms with E-state index in [1.54, 1.807) is 4.90 Å². The summed E-state index contributed by atoms with van der Waals surface area (Å²) in [5.41, 5.74) is 0.864. The molecule has 6 nitrogen and oxygen atoms in total. The van der Waals surface area contributed by atoms with E-state index in [2.05, 4.69) is 5.32 Å². The van der Waals surface area contributed by atoms with Crippen LogP contribution < -0.4 is 5.32 Å². The van der Waals surface area contributed by atoms with E-state index >= 15 is 0 Å². The van der Waals surface area contributed by atoms with Crippen molar-refractivity contribution in [3.63, 3.8) is 0 Å². The molecule has 124 valence electrons. The van der Waals surface area contributed by atoms with Crippen molar-refractivity contribution in [1.82, 2.24) is 10.2 Å². The average molecular weight is 318 g/mol. The normalized spacial score (nSPS) is 19.0. The van der Waals surface area contributed by atoms with Crippen molar-refractivity contribution in [3.05, 3.63) is 35.9 Å². The van der Waals surface area contributed by atoms with Crippen molar-refractivity contribution in [2.75, 3.05) is 13.1 Å². The third kappa shape index (κ3) is 4.81. The van der Waals surface area contributed by atoms with Gasteiger partial charge in [-0.15, -0.1) is 0 Å². The fraction of sp³-hybridized carbons (Fsp3) is 0.471. The molecule has 0 aromatic heterocycles. The molecule has 1 aromatic carbocycles. The third-order valence-electron chi connectivity index (χ3n) is 4.08. The van der Waals surface area contributed by atoms with Crippen LogP contribution in [-0.4, -0.2) is 40.9 Å². The van der Waals surface area contributed by atoms with Gasteiger partial charge < -0.3 is 15.3 Å². The second kappa shape index (κ2) is 7.76. The lowest BCUT2D eigenvalue weighted by Gasteiger charge is -2.32. The Labute approximate surface area is 135 Å². The molecule has 1 aliphatic heterocycles. The van der Waals surface area contributed by atoms with Crippen LogP contribution in [0.5, 0.6) is 0 Å². The predicted octanol–water partition coefficient (Wildman–Crippen LogP) is 1.58. The number of carboxylic acid groups (broad SMARTS) is 1. The van der Waals surface area contributed by atoms with Gasteiger partial charge in [0.1, 0.15) is 0 Å². The zero-order valence-electron chi connectivity index (χ0n) is 13.2. The summed E-state index contributed by atoms with van der Waals surface area (Å²) in [5, 5.41) is 11.9. The molecule has 6 heteroatoms. The second-order valence-corrected chi connectivity index (χ2v) is 5.89. The lowest BCUT2D eigenvalue weighted by atomic mass is 9.97. The van der Waals surface area contributed by atoms with Gasteiger partial charge in [-0.05, 0) is 18.4 Å². The predicted molar refractivity (Wildman–Crippen MR) is 84.6 cm³/mol. The Morgan fingerprint density at radius 2 is 2.00 bits per heavy atom. The number of aliphatic carboxylic acids is 1. The molecule has 23 heavy (non-hydrogen) atoms. The Balaban J connectivity index is 2.05. The molecule has 2 atom stereocenters. The van der Waals surface area contributed by atoms with E-state index in [0.29, 0.717) is 19.4 Å². The number of hydrogen-bond acceptors (Lipinski definition) is 3. The number of nitrogens with zero attached hydrogens (tertiary/aromatic N) is 1. The fourth-order valence-electron chi connectivity index (χ4n) is 2.89. The number of nitrogens with one attached hydrogen (secondary N) is 1. The summed E-state index contributed by atoms with van der Waals surface area (Å²) in [6.45, 7) is 2.24. The van der Waals surface area contributed by atoms with E-state index in [1.807, 2.05) is 30.3 Å². The summed E-state index contributed by atoms with van der Waals surface area (Å²) >= 11 is 0. The summed E-state index contributed by atoms with van der Waals surface area (Å²) in [4.78, 5) is 36.6. The third-order valence-corrected chi connectivity index (χ3v) is 4.08. The first kappa shape index (κ1) is 17.0. The molecule has 0 unspecified atom stereocenters. The van der Waals surface area contributed by atoms with E-state index in [9.17, 15) is 14.4 Å². The van der Waals surface area contributed by atoms with Crippen LogP contribution in [0.2, 0.25) is 0 Å². The Hall–Kier alpha value is -2.37. The first-order valence-electron chi connectivity index (χ1n) is 7.80. The highest BCUT2D eigenvalue weighted by Crippen LogP contribution is 2.22. The SMILES string of the molecule is CC(=O)N[C@@H](CC(=O)N1CCC[C@H](C(=O)O)C1)c1ccccc1. The minimum absolute atomic E-state index is 0.126. The Kier molecular flexibility index (Phi) is 5.73. The zero-order valence-corrected chi connectivity index (χ0v) is 13.2. The van der Waals surface area contributed by atoms with Crippen molar-refractivity contribution in [3.8, 4) is 0 Å². The molecule has 1 aromatic rings. The van der Waals surface area contributed by atoms with Gasteiger partial charge in [-0.1, -0.05) is 30.3 Å². The number of benzene rings is 1. The van der Waals surface area contributed by atoms with E-state index in [1.165, 1.54) is 6.92 Å². The monoisotopic (exact) mass is 318 g/mol. The van der Waals surface area contributed by atoms with Crippen LogP contribution >= 0.6 is 0 Å². The van der Waals surface area contributed by atoms with E-state index in [-0.39, 0.29) is 24.8 Å². The first-order chi connectivity index (χ1) is 11.0. The maximum atomic E-state index is 12.5. The summed E-state index contributed by atoms with van der Waals surface area (Å²) in [5.74, 6) is -1.68. The molecular weight excluding hydrogens is 296 g/mol. The summed E-state index contributed by atoms with van der Waals surface area (Å²) < 4.78 is 0. The quantitative estimate of drug-likeness (QED) is 0.863. The standard InChI is InChI=1S/C17H22N2O4/c1-12(20)18-15(13-6-3-2-4-7-13)10-16(21)19-9-5-8-14(11-19)17(22)23/h2-4,6-7,14-15H,5,8-11H2,1H3,(H,18,20)(H,22,23)/t14-,15-/m0/s1. The van der Waals surface area contributed by atoms with Gasteiger partial charge in [0.2, 0.25) is 11.8 Å². The Bertz CT molecular complexity index is 573. The molecule has 0 spiro atoms. The topological polar surface area (TPSA) is 86.7 Å². The van der Waals surface area contributed by atoms with Crippen molar-refractivity contribution in [2.24, 2.45) is 5.92 Å². The lowest BCUT2D eigenvalue weighted by Crippen LogP contribution is -2.43. The van der Waals surface area contributed by atoms with Gasteiger partial charge >= 0.3 is 5.97 Å². The summed E-state index contributed by atoms with van der Waals surface area (Å²) in [6.07, 6.45) is 1.43. The number of rotatable bonds is 5. The van der Waals surface area contributed by atoms with Gasteiger partial charge in [0, 0.05) is 20.0 Å². The average Bonchev–Trinajstić information content (AvgIpc) is 2.54. The van der Waals surface area contributed by atoms with Crippen LogP contribution in [0, 0.1) is 5.92 Å². The smallest absolute Gasteiger partial charge is 0.308 e. The van der Waals surface area contributed by atoms with E-state index in [4.69, 9.17) is 5.11 Å². The van der Waals surface area contributed by atoms with Gasteiger partial charge in [-0.25, -0.2) is 0 Å². The molecule has 0 aliphatic carbocycles. The number of hydrogen-bond donors (Lipinski definition) is 2. The fourth-order valence-corrected chi connectivity index (χ4v) is 2.89. The number of likely N-dealkylation sites (tertiary alicyclic amines) is 1. The number of amides is 2. The number of carbonyl (C=O) groups is 3. The van der Waals surface area contributed by atoms with Crippen LogP contribution in [0.1, 0.15) is 37.8 Å². The first-order valence-corrected chi connectivity index (χ1v) is 7.80. The molecule has 2 rings (SSSR count). The minimum atomic E-state index is -0.857. The minimum Gasteiger partial charge on any atom is -0.481 e. The van der Waals surface area contributed by atoms with Crippen molar-refractivity contribution in [1.29, 1.82) is 0 Å². The largest absolute Gasteiger partial charge is 0.481 e. The molecule has 1 aliphatic rings. The Morgan fingerprint density at radius 3 is 2.61 bits per heavy atom. The summed E-state index contributed by atoms with van der Waals surface area (Å²) in [6, 6.07) is 8.92. The van der Waals surface area contributed by atoms with Crippen molar-refractivity contribution >= 4 is 17.8 Å². The molecule has 0 bridgehead atoms. The molecule has 1 fully saturated rings. The highest BCUT2D eigenvalue weighted by atomic mass is 16.4. The van der Waals surface area contributed by atoms with Gasteiger partial charge in [-0.2, -0.15) is 0 Å². The highest BCUT2D eigenvalue weighted by molar-refractivity contribution is 5.80. The summed E-state index contributed by atoms with van der Waals surface area (Å²) in [7, 11) is 0. The molecule has 1 saturated heterocycles. The van der Waals surface area contributed by atoms with Crippen molar-refractivity contribution < 1.29 is 19.5 Å². The highest BCUT2D eigenvalue weighted by Gasteiger charge is 2.29. The maximum Gasteiger partial charge on any atom is 0.308 e. The van der Waals surface area contributed by atoms with Crippen molar-refractivity contribution in [2.45, 2.75) is 32.2 Å². The zero-order chi connectivity index (χ0) is 16.8. The lowest BCUT2D eigenvalue weighted by molar-refractivity contribution is -0.145. The van der Waals surface area contributed by atoms with Crippen LogP contribution in [0.25, 0.3) is 0 Å². The van der Waals surface area contributed by atoms with Gasteiger partial charge in [0.25, 0.3) is 0 Å². The number of piperidine rings is 1. The molecule has 0 saturated carbocycles. The van der Waals surface area contributed by atoms with Gasteiger partial charge in [-0.3, -0.25) is 14.4 Å². The molecule has 2 amide bonds. The van der Waals surface area contributed by atoms with Crippen LogP contribution in [0.4, 0.5) is 0 Å². The van der Waals surface area contributed by atoms with Crippen LogP contribution in [-0.2, 0) is 14.4 Å². The Morgan fingerprint density at radius 1 is 1.30 bits per heavy atom. The van der Waals surface area contributed by atoms with Gasteiger partial charge in [0.15, 0.2) is 0 Å². The van der Waals surface area contributed by atoms with Crippen LogP contribution in [0.3, 0.4) is 0 Å². The van der Waals surface area contributed by atoms with E-state index in [0.717, 1.165) is 5.56 Å². The molecule has 1 heterocycles. The second-order valence-electron chi connectivity index (χ2n) is 5.89.